The number of nitrogens with one attached hydrogen (secondary N) is 1. The molecule has 3 nitrogen and oxygen atoms in total. The van der Waals surface area contributed by atoms with Crippen LogP contribution in [0, 0.1) is 0 Å². The lowest BCUT2D eigenvalue weighted by Crippen LogP contribution is -2.42. The number of hydrogen-bond donors (Lipinski definition) is 2. The lowest BCUT2D eigenvalue weighted by atomic mass is 10.1. The van der Waals surface area contributed by atoms with Gasteiger partial charge in [0.05, 0.1) is 10.0 Å². The minimum Gasteiger partial charge on any atom is -0.487 e. The van der Waals surface area contributed by atoms with Gasteiger partial charge in [-0.05, 0) is 25.6 Å². The van der Waals surface area contributed by atoms with Crippen LogP contribution in [-0.4, -0.2) is 30.4 Å². The number of benzene rings is 1. The third-order valence-electron chi connectivity index (χ3n) is 2.20. The molecule has 0 spiro atoms. The molecule has 5 heteroatoms. The van der Waals surface area contributed by atoms with Gasteiger partial charge in [0.1, 0.15) is 12.2 Å². The van der Waals surface area contributed by atoms with Crippen LogP contribution in [0.4, 0.5) is 0 Å². The summed E-state index contributed by atoms with van der Waals surface area (Å²) in [4.78, 5) is 0. The van der Waals surface area contributed by atoms with E-state index in [1.54, 1.807) is 25.1 Å². The summed E-state index contributed by atoms with van der Waals surface area (Å²) in [7, 11) is 0. The van der Waals surface area contributed by atoms with Crippen molar-refractivity contribution in [2.45, 2.75) is 19.4 Å². The van der Waals surface area contributed by atoms with Crippen LogP contribution in [0.2, 0.25) is 10.0 Å². The van der Waals surface area contributed by atoms with Gasteiger partial charge in [-0.15, -0.1) is 0 Å². The molecule has 1 atom stereocenters. The summed E-state index contributed by atoms with van der Waals surface area (Å²) in [5.41, 5.74) is -0.960. The highest BCUT2D eigenvalue weighted by Crippen LogP contribution is 2.32. The van der Waals surface area contributed by atoms with E-state index >= 15 is 0 Å². The maximum absolute atomic E-state index is 10.0. The van der Waals surface area contributed by atoms with Gasteiger partial charge in [0, 0.05) is 6.54 Å². The Morgan fingerprint density at radius 1 is 1.35 bits per heavy atom. The zero-order valence-electron chi connectivity index (χ0n) is 9.96. The van der Waals surface area contributed by atoms with E-state index in [9.17, 15) is 5.11 Å². The molecule has 1 rings (SSSR count). The standard InChI is InChI=1S/C12H17Cl2NO2/c1-3-15-7-12(2,16)8-17-11-9(13)5-4-6-10(11)14/h4-6,15-16H,3,7-8H2,1-2H3. The second kappa shape index (κ2) is 6.45. The van der Waals surface area contributed by atoms with Crippen LogP contribution in [0.1, 0.15) is 13.8 Å². The van der Waals surface area contributed by atoms with Crippen molar-refractivity contribution in [2.75, 3.05) is 19.7 Å². The predicted octanol–water partition coefficient (Wildman–Crippen LogP) is 2.73. The molecule has 1 unspecified atom stereocenters. The highest BCUT2D eigenvalue weighted by molar-refractivity contribution is 6.37. The minimum absolute atomic E-state index is 0.128. The summed E-state index contributed by atoms with van der Waals surface area (Å²) < 4.78 is 5.48. The van der Waals surface area contributed by atoms with E-state index in [0.29, 0.717) is 22.3 Å². The first-order valence-corrected chi connectivity index (χ1v) is 6.22. The maximum Gasteiger partial charge on any atom is 0.156 e. The Labute approximate surface area is 112 Å². The van der Waals surface area contributed by atoms with E-state index in [2.05, 4.69) is 5.32 Å². The van der Waals surface area contributed by atoms with Crippen LogP contribution in [0.25, 0.3) is 0 Å². The van der Waals surface area contributed by atoms with Crippen molar-refractivity contribution < 1.29 is 9.84 Å². The number of ether oxygens (including phenoxy) is 1. The van der Waals surface area contributed by atoms with Gasteiger partial charge in [-0.2, -0.15) is 0 Å². The molecule has 0 aliphatic carbocycles. The Hall–Kier alpha value is -0.480. The predicted molar refractivity (Wildman–Crippen MR) is 71.1 cm³/mol. The maximum atomic E-state index is 10.0. The number of rotatable bonds is 6. The smallest absolute Gasteiger partial charge is 0.156 e. The molecule has 0 saturated carbocycles. The summed E-state index contributed by atoms with van der Waals surface area (Å²) in [6, 6.07) is 5.14. The SMILES string of the molecule is CCNCC(C)(O)COc1c(Cl)cccc1Cl. The minimum atomic E-state index is -0.960. The first-order valence-electron chi connectivity index (χ1n) is 5.46. The quantitative estimate of drug-likeness (QED) is 0.840. The molecule has 0 heterocycles. The monoisotopic (exact) mass is 277 g/mol. The van der Waals surface area contributed by atoms with E-state index in [-0.39, 0.29) is 6.61 Å². The van der Waals surface area contributed by atoms with E-state index in [1.807, 2.05) is 6.92 Å². The van der Waals surface area contributed by atoms with Crippen molar-refractivity contribution in [3.05, 3.63) is 28.2 Å². The summed E-state index contributed by atoms with van der Waals surface area (Å²) in [6.45, 7) is 5.04. The molecule has 0 aliphatic heterocycles. The molecule has 0 fully saturated rings. The zero-order valence-corrected chi connectivity index (χ0v) is 11.5. The van der Waals surface area contributed by atoms with Crippen LogP contribution in [0.5, 0.6) is 5.75 Å². The summed E-state index contributed by atoms with van der Waals surface area (Å²) in [5, 5.41) is 14.0. The fourth-order valence-corrected chi connectivity index (χ4v) is 1.80. The van der Waals surface area contributed by atoms with Gasteiger partial charge in [0.15, 0.2) is 5.75 Å². The average molecular weight is 278 g/mol. The van der Waals surface area contributed by atoms with Gasteiger partial charge in [-0.1, -0.05) is 36.2 Å². The van der Waals surface area contributed by atoms with Gasteiger partial charge in [0.25, 0.3) is 0 Å². The third kappa shape index (κ3) is 4.72. The molecule has 0 aliphatic rings. The third-order valence-corrected chi connectivity index (χ3v) is 2.80. The Bertz CT molecular complexity index is 349. The van der Waals surface area contributed by atoms with Crippen molar-refractivity contribution in [1.82, 2.24) is 5.32 Å². The number of aliphatic hydroxyl groups is 1. The summed E-state index contributed by atoms with van der Waals surface area (Å²) >= 11 is 11.9. The van der Waals surface area contributed by atoms with E-state index in [4.69, 9.17) is 27.9 Å². The van der Waals surface area contributed by atoms with Gasteiger partial charge in [0.2, 0.25) is 0 Å². The fraction of sp³-hybridized carbons (Fsp3) is 0.500. The molecule has 0 aromatic heterocycles. The van der Waals surface area contributed by atoms with Gasteiger partial charge < -0.3 is 15.2 Å². The number of hydrogen-bond acceptors (Lipinski definition) is 3. The molecular formula is C12H17Cl2NO2. The van der Waals surface area contributed by atoms with Crippen LogP contribution >= 0.6 is 23.2 Å². The Morgan fingerprint density at radius 2 is 1.94 bits per heavy atom. The number of para-hydroxylation sites is 1. The molecule has 1 aromatic carbocycles. The molecule has 1 aromatic rings. The van der Waals surface area contributed by atoms with Crippen molar-refractivity contribution >= 4 is 23.2 Å². The Balaban J connectivity index is 2.60. The lowest BCUT2D eigenvalue weighted by Gasteiger charge is -2.24. The summed E-state index contributed by atoms with van der Waals surface area (Å²) in [6.07, 6.45) is 0. The van der Waals surface area contributed by atoms with E-state index in [0.717, 1.165) is 6.54 Å². The first kappa shape index (κ1) is 14.6. The van der Waals surface area contributed by atoms with Crippen molar-refractivity contribution in [3.8, 4) is 5.75 Å². The van der Waals surface area contributed by atoms with Gasteiger partial charge in [-0.3, -0.25) is 0 Å². The first-order chi connectivity index (χ1) is 7.96. The molecule has 2 N–H and O–H groups in total. The fourth-order valence-electron chi connectivity index (χ4n) is 1.29. The molecule has 0 saturated heterocycles. The molecular weight excluding hydrogens is 261 g/mol. The van der Waals surface area contributed by atoms with E-state index < -0.39 is 5.60 Å². The van der Waals surface area contributed by atoms with E-state index in [1.165, 1.54) is 0 Å². The average Bonchev–Trinajstić information content (AvgIpc) is 2.26. The molecule has 0 radical (unpaired) electrons. The molecule has 17 heavy (non-hydrogen) atoms. The van der Waals surface area contributed by atoms with Crippen LogP contribution < -0.4 is 10.1 Å². The second-order valence-electron chi connectivity index (χ2n) is 4.12. The highest BCUT2D eigenvalue weighted by atomic mass is 35.5. The molecule has 0 amide bonds. The van der Waals surface area contributed by atoms with Crippen molar-refractivity contribution in [1.29, 1.82) is 0 Å². The normalized spacial score (nSPS) is 14.4. The Kier molecular flexibility index (Phi) is 5.53. The van der Waals surface area contributed by atoms with Crippen molar-refractivity contribution in [2.24, 2.45) is 0 Å². The molecule has 96 valence electrons. The van der Waals surface area contributed by atoms with Crippen LogP contribution in [0.3, 0.4) is 0 Å². The van der Waals surface area contributed by atoms with Crippen molar-refractivity contribution in [3.63, 3.8) is 0 Å². The topological polar surface area (TPSA) is 41.5 Å². The van der Waals surface area contributed by atoms with Gasteiger partial charge in [-0.25, -0.2) is 0 Å². The largest absolute Gasteiger partial charge is 0.487 e. The van der Waals surface area contributed by atoms with Gasteiger partial charge >= 0.3 is 0 Å². The molecule has 0 bridgehead atoms. The summed E-state index contributed by atoms with van der Waals surface area (Å²) in [5.74, 6) is 0.410. The highest BCUT2D eigenvalue weighted by Gasteiger charge is 2.21. The Morgan fingerprint density at radius 3 is 2.47 bits per heavy atom. The van der Waals surface area contributed by atoms with Crippen LogP contribution in [-0.2, 0) is 0 Å². The number of halogens is 2. The van der Waals surface area contributed by atoms with Crippen LogP contribution in [0.15, 0.2) is 18.2 Å². The number of likely N-dealkylation sites (N-methyl/N-ethyl adjacent to an activating group) is 1. The lowest BCUT2D eigenvalue weighted by molar-refractivity contribution is 0.0128. The zero-order chi connectivity index (χ0) is 12.9. The second-order valence-corrected chi connectivity index (χ2v) is 4.93.